The van der Waals surface area contributed by atoms with Crippen molar-refractivity contribution in [1.29, 1.82) is 0 Å². The maximum Gasteiger partial charge on any atom is 0.573 e. The van der Waals surface area contributed by atoms with E-state index in [0.717, 1.165) is 24.2 Å². The fraction of sp³-hybridized carbons (Fsp3) is 0.381. The Bertz CT molecular complexity index is 989. The molecule has 0 bridgehead atoms. The maximum absolute atomic E-state index is 12.6. The van der Waals surface area contributed by atoms with Crippen LogP contribution in [0.15, 0.2) is 53.5 Å². The molecule has 9 heteroatoms. The van der Waals surface area contributed by atoms with Gasteiger partial charge in [-0.15, -0.1) is 13.2 Å². The minimum atomic E-state index is -4.74. The van der Waals surface area contributed by atoms with Crippen molar-refractivity contribution < 1.29 is 22.6 Å². The monoisotopic (exact) mass is 421 g/mol. The van der Waals surface area contributed by atoms with Crippen LogP contribution in [0, 0.1) is 0 Å². The number of hydrogen-bond donors (Lipinski definition) is 1. The molecule has 4 rings (SSSR count). The third-order valence-corrected chi connectivity index (χ3v) is 5.27. The van der Waals surface area contributed by atoms with E-state index in [-0.39, 0.29) is 17.4 Å². The number of nitrogens with zero attached hydrogens (tertiary/aromatic N) is 2. The second-order valence-corrected chi connectivity index (χ2v) is 7.33. The van der Waals surface area contributed by atoms with Gasteiger partial charge >= 0.3 is 6.36 Å². The van der Waals surface area contributed by atoms with Crippen LogP contribution in [0.25, 0.3) is 0 Å². The largest absolute Gasteiger partial charge is 0.573 e. The summed E-state index contributed by atoms with van der Waals surface area (Å²) in [5.41, 5.74) is 1.95. The second kappa shape index (κ2) is 8.06. The van der Waals surface area contributed by atoms with Crippen LogP contribution < -0.4 is 20.1 Å². The van der Waals surface area contributed by atoms with Crippen LogP contribution >= 0.6 is 0 Å². The first-order valence-electron chi connectivity index (χ1n) is 9.70. The van der Waals surface area contributed by atoms with Crippen LogP contribution in [0.4, 0.5) is 24.7 Å². The summed E-state index contributed by atoms with van der Waals surface area (Å²) >= 11 is 0. The highest BCUT2D eigenvalue weighted by Gasteiger charge is 2.32. The number of aromatic nitrogens is 1. The number of H-pyrrole nitrogens is 1. The van der Waals surface area contributed by atoms with Crippen molar-refractivity contribution >= 4 is 11.5 Å². The first kappa shape index (κ1) is 20.3. The number of hydrogen-bond acceptors (Lipinski definition) is 5. The number of benzene rings is 1. The summed E-state index contributed by atoms with van der Waals surface area (Å²) in [5, 5.41) is 0. The van der Waals surface area contributed by atoms with Crippen molar-refractivity contribution in [3.05, 3.63) is 64.6 Å². The molecule has 1 unspecified atom stereocenters. The van der Waals surface area contributed by atoms with Gasteiger partial charge in [0.2, 0.25) is 0 Å². The second-order valence-electron chi connectivity index (χ2n) is 7.33. The summed E-state index contributed by atoms with van der Waals surface area (Å²) in [4.78, 5) is 19.2. The lowest BCUT2D eigenvalue weighted by Crippen LogP contribution is -2.35. The summed E-state index contributed by atoms with van der Waals surface area (Å²) in [6.07, 6.45) is -3.13. The van der Waals surface area contributed by atoms with E-state index in [0.29, 0.717) is 37.7 Å². The number of halogens is 3. The molecular weight excluding hydrogens is 399 g/mol. The normalized spacial score (nSPS) is 20.0. The minimum absolute atomic E-state index is 0.166. The molecule has 1 atom stereocenters. The highest BCUT2D eigenvalue weighted by Crippen LogP contribution is 2.37. The molecule has 0 radical (unpaired) electrons. The van der Waals surface area contributed by atoms with Gasteiger partial charge in [0.15, 0.2) is 0 Å². The quantitative estimate of drug-likeness (QED) is 0.810. The predicted molar refractivity (Wildman–Crippen MR) is 107 cm³/mol. The first-order valence-corrected chi connectivity index (χ1v) is 9.70. The van der Waals surface area contributed by atoms with Crippen molar-refractivity contribution in [2.24, 2.45) is 0 Å². The Morgan fingerprint density at radius 2 is 2.03 bits per heavy atom. The van der Waals surface area contributed by atoms with Gasteiger partial charge in [-0.1, -0.05) is 18.7 Å². The molecular formula is C21H22F3N3O3. The van der Waals surface area contributed by atoms with Crippen LogP contribution in [-0.4, -0.2) is 37.6 Å². The number of aromatic amines is 1. The van der Waals surface area contributed by atoms with E-state index < -0.39 is 6.36 Å². The zero-order valence-electron chi connectivity index (χ0n) is 16.2. The van der Waals surface area contributed by atoms with Crippen molar-refractivity contribution in [2.45, 2.75) is 25.2 Å². The summed E-state index contributed by atoms with van der Waals surface area (Å²) in [6, 6.07) is 9.24. The number of morpholine rings is 1. The molecule has 2 saturated heterocycles. The van der Waals surface area contributed by atoms with Gasteiger partial charge in [0.05, 0.1) is 24.9 Å². The number of pyridine rings is 1. The van der Waals surface area contributed by atoms with Gasteiger partial charge in [0.1, 0.15) is 11.6 Å². The summed E-state index contributed by atoms with van der Waals surface area (Å²) in [7, 11) is 0. The Morgan fingerprint density at radius 1 is 1.20 bits per heavy atom. The zero-order chi connectivity index (χ0) is 21.3. The Morgan fingerprint density at radius 3 is 2.80 bits per heavy atom. The molecule has 2 aliphatic rings. The number of anilines is 2. The molecule has 6 nitrogen and oxygen atoms in total. The molecule has 1 N–H and O–H groups in total. The number of nitrogens with one attached hydrogen (secondary N) is 1. The Balaban J connectivity index is 1.63. The van der Waals surface area contributed by atoms with Gasteiger partial charge in [0.25, 0.3) is 5.56 Å². The minimum Gasteiger partial charge on any atom is -0.406 e. The van der Waals surface area contributed by atoms with Crippen molar-refractivity contribution in [3.8, 4) is 5.75 Å². The average Bonchev–Trinajstić information content (AvgIpc) is 3.17. The van der Waals surface area contributed by atoms with E-state index in [1.807, 2.05) is 15.9 Å². The Hall–Kier alpha value is -2.94. The Kier molecular flexibility index (Phi) is 5.46. The van der Waals surface area contributed by atoms with E-state index in [1.165, 1.54) is 18.2 Å². The van der Waals surface area contributed by atoms with E-state index in [4.69, 9.17) is 4.74 Å². The first-order chi connectivity index (χ1) is 14.3. The lowest BCUT2D eigenvalue weighted by atomic mass is 10.0. The standard InChI is InChI=1S/C21H22F3N3O3/c1-14-13-29-9-8-26(14)16-11-19(25-20(28)12-16)27-7-3-6-18(27)15-4-2-5-17(10-15)30-21(22,23)24/h2,4-5,10-12,18H,1,3,6-9,13H2,(H,25,28). The van der Waals surface area contributed by atoms with Crippen LogP contribution in [0.2, 0.25) is 0 Å². The molecule has 30 heavy (non-hydrogen) atoms. The van der Waals surface area contributed by atoms with Gasteiger partial charge in [-0.3, -0.25) is 4.79 Å². The maximum atomic E-state index is 12.6. The number of ether oxygens (including phenoxy) is 2. The molecule has 2 fully saturated rings. The van der Waals surface area contributed by atoms with Crippen molar-refractivity contribution in [3.63, 3.8) is 0 Å². The summed E-state index contributed by atoms with van der Waals surface area (Å²) in [6.45, 7) is 6.22. The lowest BCUT2D eigenvalue weighted by molar-refractivity contribution is -0.274. The molecule has 2 aliphatic heterocycles. The van der Waals surface area contributed by atoms with Gasteiger partial charge in [-0.05, 0) is 30.5 Å². The Labute approximate surface area is 171 Å². The van der Waals surface area contributed by atoms with Crippen molar-refractivity contribution in [2.75, 3.05) is 36.1 Å². The highest BCUT2D eigenvalue weighted by atomic mass is 19.4. The molecule has 3 heterocycles. The SMILES string of the molecule is C=C1COCCN1c1cc(N2CCCC2c2cccc(OC(F)(F)F)c2)[nH]c(=O)c1. The third kappa shape index (κ3) is 4.46. The van der Waals surface area contributed by atoms with Gasteiger partial charge < -0.3 is 24.3 Å². The number of rotatable bonds is 4. The molecule has 2 aromatic rings. The molecule has 1 aromatic heterocycles. The van der Waals surface area contributed by atoms with Crippen LogP contribution in [0.5, 0.6) is 5.75 Å². The van der Waals surface area contributed by atoms with Crippen molar-refractivity contribution in [1.82, 2.24) is 4.98 Å². The number of alkyl halides is 3. The topological polar surface area (TPSA) is 57.8 Å². The van der Waals surface area contributed by atoms with E-state index >= 15 is 0 Å². The smallest absolute Gasteiger partial charge is 0.406 e. The van der Waals surface area contributed by atoms with Gasteiger partial charge in [-0.25, -0.2) is 0 Å². The summed E-state index contributed by atoms with van der Waals surface area (Å²) in [5.74, 6) is 0.375. The predicted octanol–water partition coefficient (Wildman–Crippen LogP) is 3.97. The lowest BCUT2D eigenvalue weighted by Gasteiger charge is -2.32. The van der Waals surface area contributed by atoms with Crippen LogP contribution in [0.3, 0.4) is 0 Å². The molecule has 0 amide bonds. The van der Waals surface area contributed by atoms with Crippen LogP contribution in [0.1, 0.15) is 24.4 Å². The fourth-order valence-electron chi connectivity index (χ4n) is 4.04. The third-order valence-electron chi connectivity index (χ3n) is 5.27. The summed E-state index contributed by atoms with van der Waals surface area (Å²) < 4.78 is 47.2. The van der Waals surface area contributed by atoms with E-state index in [9.17, 15) is 18.0 Å². The highest BCUT2D eigenvalue weighted by molar-refractivity contribution is 5.59. The van der Waals surface area contributed by atoms with Gasteiger partial charge in [0, 0.05) is 30.9 Å². The van der Waals surface area contributed by atoms with E-state index in [1.54, 1.807) is 12.1 Å². The van der Waals surface area contributed by atoms with Crippen LogP contribution in [-0.2, 0) is 4.74 Å². The fourth-order valence-corrected chi connectivity index (χ4v) is 4.04. The molecule has 0 aliphatic carbocycles. The molecule has 0 saturated carbocycles. The molecule has 0 spiro atoms. The van der Waals surface area contributed by atoms with Gasteiger partial charge in [-0.2, -0.15) is 0 Å². The van der Waals surface area contributed by atoms with E-state index in [2.05, 4.69) is 16.3 Å². The molecule has 160 valence electrons. The zero-order valence-corrected chi connectivity index (χ0v) is 16.2. The molecule has 1 aromatic carbocycles. The average molecular weight is 421 g/mol.